The van der Waals surface area contributed by atoms with E-state index in [1.54, 1.807) is 22.7 Å². The molecule has 6 nitrogen and oxygen atoms in total. The van der Waals surface area contributed by atoms with Crippen molar-refractivity contribution in [3.8, 4) is 0 Å². The molecule has 0 aromatic carbocycles. The van der Waals surface area contributed by atoms with Crippen LogP contribution in [0.1, 0.15) is 31.4 Å². The fourth-order valence-corrected chi connectivity index (χ4v) is 3.84. The molecule has 1 saturated heterocycles. The quantitative estimate of drug-likeness (QED) is 0.790. The fraction of sp³-hybridized carbons (Fsp3) is 0.714. The van der Waals surface area contributed by atoms with Gasteiger partial charge in [0.25, 0.3) is 10.2 Å². The third-order valence-corrected chi connectivity index (χ3v) is 5.75. The summed E-state index contributed by atoms with van der Waals surface area (Å²) in [5.41, 5.74) is 0. The third-order valence-electron chi connectivity index (χ3n) is 4.19. The summed E-state index contributed by atoms with van der Waals surface area (Å²) in [4.78, 5) is 0. The lowest BCUT2D eigenvalue weighted by molar-refractivity contribution is 0.264. The molecule has 1 aromatic heterocycles. The van der Waals surface area contributed by atoms with E-state index in [1.165, 1.54) is 12.8 Å². The number of nitrogens with zero attached hydrogens (tertiary/aromatic N) is 1. The van der Waals surface area contributed by atoms with Crippen LogP contribution in [-0.4, -0.2) is 38.4 Å². The molecule has 3 rings (SSSR count). The van der Waals surface area contributed by atoms with Gasteiger partial charge in [-0.3, -0.25) is 0 Å². The molecule has 0 atom stereocenters. The van der Waals surface area contributed by atoms with E-state index in [0.29, 0.717) is 24.8 Å². The molecule has 0 unspecified atom stereocenters. The number of hydrogen-bond donors (Lipinski definition) is 2. The molecule has 2 aliphatic rings. The van der Waals surface area contributed by atoms with Crippen molar-refractivity contribution in [2.75, 3.05) is 19.6 Å². The van der Waals surface area contributed by atoms with E-state index in [4.69, 9.17) is 4.42 Å². The standard InChI is InChI=1S/C14H23N3O3S/c18-21(19,16-11-14-2-1-9-20-14)17-7-5-12(6-8-17)10-15-13-3-4-13/h1-2,9,12-13,15-16H,3-8,10-11H2. The van der Waals surface area contributed by atoms with E-state index in [2.05, 4.69) is 10.0 Å². The van der Waals surface area contributed by atoms with Crippen LogP contribution in [0.2, 0.25) is 0 Å². The summed E-state index contributed by atoms with van der Waals surface area (Å²) >= 11 is 0. The largest absolute Gasteiger partial charge is 0.468 e. The number of furan rings is 1. The number of nitrogens with one attached hydrogen (secondary N) is 2. The lowest BCUT2D eigenvalue weighted by Gasteiger charge is -2.31. The maximum absolute atomic E-state index is 12.2. The summed E-state index contributed by atoms with van der Waals surface area (Å²) < 4.78 is 33.7. The van der Waals surface area contributed by atoms with Crippen molar-refractivity contribution in [1.29, 1.82) is 0 Å². The van der Waals surface area contributed by atoms with Crippen molar-refractivity contribution >= 4 is 10.2 Å². The molecule has 118 valence electrons. The first-order chi connectivity index (χ1) is 10.1. The number of rotatable bonds is 7. The molecular formula is C14H23N3O3S. The van der Waals surface area contributed by atoms with E-state index in [0.717, 1.165) is 25.4 Å². The smallest absolute Gasteiger partial charge is 0.279 e. The van der Waals surface area contributed by atoms with E-state index in [-0.39, 0.29) is 6.54 Å². The molecule has 7 heteroatoms. The van der Waals surface area contributed by atoms with Crippen molar-refractivity contribution in [2.45, 2.75) is 38.3 Å². The Morgan fingerprint density at radius 2 is 2.00 bits per heavy atom. The predicted molar refractivity (Wildman–Crippen MR) is 79.8 cm³/mol. The van der Waals surface area contributed by atoms with Crippen molar-refractivity contribution in [3.63, 3.8) is 0 Å². The van der Waals surface area contributed by atoms with Crippen LogP contribution in [-0.2, 0) is 16.8 Å². The van der Waals surface area contributed by atoms with Crippen LogP contribution in [0, 0.1) is 5.92 Å². The summed E-state index contributed by atoms with van der Waals surface area (Å²) in [6.45, 7) is 2.44. The SMILES string of the molecule is O=S(=O)(NCc1ccco1)N1CCC(CNC2CC2)CC1. The Morgan fingerprint density at radius 1 is 1.24 bits per heavy atom. The van der Waals surface area contributed by atoms with Crippen LogP contribution < -0.4 is 10.0 Å². The fourth-order valence-electron chi connectivity index (χ4n) is 2.64. The Labute approximate surface area is 126 Å². The van der Waals surface area contributed by atoms with Gasteiger partial charge >= 0.3 is 0 Å². The van der Waals surface area contributed by atoms with Crippen molar-refractivity contribution in [1.82, 2.24) is 14.3 Å². The van der Waals surface area contributed by atoms with Crippen LogP contribution in [0.5, 0.6) is 0 Å². The van der Waals surface area contributed by atoms with Gasteiger partial charge in [-0.25, -0.2) is 0 Å². The van der Waals surface area contributed by atoms with Gasteiger partial charge in [-0.05, 0) is 50.3 Å². The second-order valence-electron chi connectivity index (χ2n) is 5.93. The van der Waals surface area contributed by atoms with Gasteiger partial charge in [0.1, 0.15) is 5.76 Å². The van der Waals surface area contributed by atoms with Crippen molar-refractivity contribution < 1.29 is 12.8 Å². The highest BCUT2D eigenvalue weighted by Gasteiger charge is 2.29. The summed E-state index contributed by atoms with van der Waals surface area (Å²) in [7, 11) is -3.40. The zero-order valence-corrected chi connectivity index (χ0v) is 12.9. The van der Waals surface area contributed by atoms with Crippen LogP contribution in [0.4, 0.5) is 0 Å². The molecular weight excluding hydrogens is 290 g/mol. The highest BCUT2D eigenvalue weighted by molar-refractivity contribution is 7.87. The van der Waals surface area contributed by atoms with Gasteiger partial charge in [0.15, 0.2) is 0 Å². The lowest BCUT2D eigenvalue weighted by atomic mass is 9.98. The predicted octanol–water partition coefficient (Wildman–Crippen LogP) is 1.08. The third kappa shape index (κ3) is 4.29. The molecule has 2 heterocycles. The minimum atomic E-state index is -3.40. The topological polar surface area (TPSA) is 74.6 Å². The second-order valence-corrected chi connectivity index (χ2v) is 7.69. The number of piperidine rings is 1. The van der Waals surface area contributed by atoms with Gasteiger partial charge in [-0.2, -0.15) is 17.4 Å². The Morgan fingerprint density at radius 3 is 2.62 bits per heavy atom. The summed E-state index contributed by atoms with van der Waals surface area (Å²) in [6.07, 6.45) is 6.00. The maximum atomic E-state index is 12.2. The average molecular weight is 313 g/mol. The molecule has 21 heavy (non-hydrogen) atoms. The highest BCUT2D eigenvalue weighted by Crippen LogP contribution is 2.22. The van der Waals surface area contributed by atoms with Crippen LogP contribution in [0.15, 0.2) is 22.8 Å². The molecule has 1 saturated carbocycles. The van der Waals surface area contributed by atoms with Gasteiger partial charge in [-0.15, -0.1) is 0 Å². The lowest BCUT2D eigenvalue weighted by Crippen LogP contribution is -2.45. The normalized spacial score (nSPS) is 21.7. The first kappa shape index (κ1) is 15.0. The zero-order chi connectivity index (χ0) is 14.7. The van der Waals surface area contributed by atoms with E-state index < -0.39 is 10.2 Å². The molecule has 0 spiro atoms. The molecule has 2 fully saturated rings. The van der Waals surface area contributed by atoms with Gasteiger partial charge in [-0.1, -0.05) is 0 Å². The molecule has 1 aromatic rings. The van der Waals surface area contributed by atoms with Gasteiger partial charge < -0.3 is 9.73 Å². The zero-order valence-electron chi connectivity index (χ0n) is 12.1. The maximum Gasteiger partial charge on any atom is 0.279 e. The first-order valence-electron chi connectivity index (χ1n) is 7.64. The van der Waals surface area contributed by atoms with Crippen LogP contribution in [0.3, 0.4) is 0 Å². The van der Waals surface area contributed by atoms with Crippen molar-refractivity contribution in [3.05, 3.63) is 24.2 Å². The number of hydrogen-bond acceptors (Lipinski definition) is 4. The van der Waals surface area contributed by atoms with E-state index >= 15 is 0 Å². The summed E-state index contributed by atoms with van der Waals surface area (Å²) in [6, 6.07) is 4.24. The van der Waals surface area contributed by atoms with Crippen molar-refractivity contribution in [2.24, 2.45) is 5.92 Å². The van der Waals surface area contributed by atoms with Gasteiger partial charge in [0.2, 0.25) is 0 Å². The van der Waals surface area contributed by atoms with Crippen LogP contribution >= 0.6 is 0 Å². The Balaban J connectivity index is 1.43. The van der Waals surface area contributed by atoms with E-state index in [1.807, 2.05) is 0 Å². The molecule has 0 amide bonds. The Hall–Kier alpha value is -0.890. The second kappa shape index (κ2) is 6.48. The molecule has 1 aliphatic carbocycles. The van der Waals surface area contributed by atoms with Gasteiger partial charge in [0.05, 0.1) is 12.8 Å². The first-order valence-corrected chi connectivity index (χ1v) is 9.08. The monoisotopic (exact) mass is 313 g/mol. The van der Waals surface area contributed by atoms with Gasteiger partial charge in [0, 0.05) is 19.1 Å². The summed E-state index contributed by atoms with van der Waals surface area (Å²) in [5.74, 6) is 1.23. The summed E-state index contributed by atoms with van der Waals surface area (Å²) in [5, 5.41) is 3.53. The Kier molecular flexibility index (Phi) is 4.63. The molecule has 1 aliphatic heterocycles. The van der Waals surface area contributed by atoms with E-state index in [9.17, 15) is 8.42 Å². The average Bonchev–Trinajstić information content (AvgIpc) is 3.17. The molecule has 2 N–H and O–H groups in total. The Bertz CT molecular complexity index is 532. The van der Waals surface area contributed by atoms with Crippen LogP contribution in [0.25, 0.3) is 0 Å². The molecule has 0 bridgehead atoms. The minimum Gasteiger partial charge on any atom is -0.468 e. The highest BCUT2D eigenvalue weighted by atomic mass is 32.2. The molecule has 0 radical (unpaired) electrons. The minimum absolute atomic E-state index is 0.207.